The van der Waals surface area contributed by atoms with E-state index in [1.165, 1.54) is 36.4 Å². The second-order valence-electron chi connectivity index (χ2n) is 5.62. The fourth-order valence-corrected chi connectivity index (χ4v) is 2.74. The minimum Gasteiger partial charge on any atom is -0.322 e. The van der Waals surface area contributed by atoms with Crippen LogP contribution in [0.5, 0.6) is 0 Å². The van der Waals surface area contributed by atoms with Crippen LogP contribution < -0.4 is 10.6 Å². The summed E-state index contributed by atoms with van der Waals surface area (Å²) in [5.41, 5.74) is 1.21. The average Bonchev–Trinajstić information content (AvgIpc) is 2.63. The van der Waals surface area contributed by atoms with E-state index in [0.717, 1.165) is 0 Å². The Morgan fingerprint density at radius 2 is 1.48 bits per heavy atom. The Morgan fingerprint density at radius 1 is 0.778 bits per heavy atom. The molecule has 2 amide bonds. The van der Waals surface area contributed by atoms with Crippen molar-refractivity contribution in [1.29, 1.82) is 0 Å². The van der Waals surface area contributed by atoms with Gasteiger partial charge in [-0.2, -0.15) is 0 Å². The van der Waals surface area contributed by atoms with Crippen molar-refractivity contribution in [2.45, 2.75) is 0 Å². The van der Waals surface area contributed by atoms with Crippen molar-refractivity contribution < 1.29 is 14.0 Å². The molecule has 0 aliphatic heterocycles. The van der Waals surface area contributed by atoms with Gasteiger partial charge >= 0.3 is 0 Å². The quantitative estimate of drug-likeness (QED) is 0.593. The molecule has 0 saturated heterocycles. The standard InChI is InChI=1S/C20H13Cl2FN2O2/c21-13-2-1-3-16(10-13)24-20(27)17-11-14(22)6-9-18(17)25-19(26)12-4-7-15(23)8-5-12/h1-11H,(H,24,27)(H,25,26). The molecular weight excluding hydrogens is 390 g/mol. The second kappa shape index (κ2) is 8.20. The fraction of sp³-hybridized carbons (Fsp3) is 0. The molecule has 0 aliphatic rings. The number of carbonyl (C=O) groups is 2. The summed E-state index contributed by atoms with van der Waals surface area (Å²) < 4.78 is 13.0. The van der Waals surface area contributed by atoms with Gasteiger partial charge in [0.2, 0.25) is 0 Å². The van der Waals surface area contributed by atoms with Gasteiger partial charge in [0.1, 0.15) is 5.82 Å². The zero-order chi connectivity index (χ0) is 19.4. The summed E-state index contributed by atoms with van der Waals surface area (Å²) in [6.45, 7) is 0. The lowest BCUT2D eigenvalue weighted by Gasteiger charge is -2.12. The van der Waals surface area contributed by atoms with Gasteiger partial charge in [0.15, 0.2) is 0 Å². The summed E-state index contributed by atoms with van der Waals surface area (Å²) in [6, 6.07) is 16.3. The lowest BCUT2D eigenvalue weighted by molar-refractivity contribution is 0.102. The molecule has 3 aromatic rings. The van der Waals surface area contributed by atoms with Gasteiger partial charge in [0, 0.05) is 21.3 Å². The predicted molar refractivity (Wildman–Crippen MR) is 105 cm³/mol. The summed E-state index contributed by atoms with van der Waals surface area (Å²) in [6.07, 6.45) is 0. The molecule has 27 heavy (non-hydrogen) atoms. The third kappa shape index (κ3) is 4.84. The molecule has 0 aliphatic carbocycles. The largest absolute Gasteiger partial charge is 0.322 e. The minimum absolute atomic E-state index is 0.179. The molecule has 0 unspecified atom stereocenters. The van der Waals surface area contributed by atoms with Crippen LogP contribution in [0.4, 0.5) is 15.8 Å². The summed E-state index contributed by atoms with van der Waals surface area (Å²) >= 11 is 11.9. The first-order chi connectivity index (χ1) is 12.9. The van der Waals surface area contributed by atoms with E-state index >= 15 is 0 Å². The summed E-state index contributed by atoms with van der Waals surface area (Å²) in [5, 5.41) is 6.16. The summed E-state index contributed by atoms with van der Waals surface area (Å²) in [5.74, 6) is -1.39. The molecular formula is C20H13Cl2FN2O2. The number of amides is 2. The number of halogens is 3. The third-order valence-corrected chi connectivity index (χ3v) is 4.13. The third-order valence-electron chi connectivity index (χ3n) is 3.66. The van der Waals surface area contributed by atoms with Gasteiger partial charge in [-0.1, -0.05) is 29.3 Å². The van der Waals surface area contributed by atoms with E-state index in [1.807, 2.05) is 0 Å². The van der Waals surface area contributed by atoms with Crippen molar-refractivity contribution in [3.63, 3.8) is 0 Å². The average molecular weight is 403 g/mol. The van der Waals surface area contributed by atoms with Gasteiger partial charge in [-0.3, -0.25) is 9.59 Å². The van der Waals surface area contributed by atoms with Crippen LogP contribution in [-0.2, 0) is 0 Å². The first-order valence-corrected chi connectivity index (χ1v) is 8.61. The summed E-state index contributed by atoms with van der Waals surface area (Å²) in [7, 11) is 0. The van der Waals surface area contributed by atoms with Crippen molar-refractivity contribution in [2.24, 2.45) is 0 Å². The smallest absolute Gasteiger partial charge is 0.257 e. The van der Waals surface area contributed by atoms with Crippen LogP contribution in [0.2, 0.25) is 10.0 Å². The monoisotopic (exact) mass is 402 g/mol. The number of hydrogen-bond acceptors (Lipinski definition) is 2. The molecule has 0 radical (unpaired) electrons. The molecule has 0 bridgehead atoms. The highest BCUT2D eigenvalue weighted by Crippen LogP contribution is 2.23. The lowest BCUT2D eigenvalue weighted by atomic mass is 10.1. The minimum atomic E-state index is -0.478. The maximum atomic E-state index is 13.0. The number of benzene rings is 3. The number of carbonyl (C=O) groups excluding carboxylic acids is 2. The van der Waals surface area contributed by atoms with Gasteiger partial charge in [-0.05, 0) is 60.7 Å². The normalized spacial score (nSPS) is 10.3. The van der Waals surface area contributed by atoms with Gasteiger partial charge in [-0.15, -0.1) is 0 Å². The molecule has 0 spiro atoms. The topological polar surface area (TPSA) is 58.2 Å². The van der Waals surface area contributed by atoms with Gasteiger partial charge in [0.05, 0.1) is 11.3 Å². The number of anilines is 2. The highest BCUT2D eigenvalue weighted by molar-refractivity contribution is 6.31. The number of hydrogen-bond donors (Lipinski definition) is 2. The van der Waals surface area contributed by atoms with Crippen LogP contribution in [0.3, 0.4) is 0 Å². The summed E-state index contributed by atoms with van der Waals surface area (Å²) in [4.78, 5) is 25.0. The fourth-order valence-electron chi connectivity index (χ4n) is 2.37. The molecule has 3 aromatic carbocycles. The Morgan fingerprint density at radius 3 is 2.19 bits per heavy atom. The molecule has 2 N–H and O–H groups in total. The molecule has 3 rings (SSSR count). The molecule has 0 saturated carbocycles. The van der Waals surface area contributed by atoms with E-state index in [4.69, 9.17) is 23.2 Å². The Balaban J connectivity index is 1.85. The predicted octanol–water partition coefficient (Wildman–Crippen LogP) is 5.64. The van der Waals surface area contributed by atoms with Crippen molar-refractivity contribution in [3.8, 4) is 0 Å². The molecule has 4 nitrogen and oxygen atoms in total. The van der Waals surface area contributed by atoms with Crippen LogP contribution in [0, 0.1) is 5.82 Å². The zero-order valence-electron chi connectivity index (χ0n) is 13.8. The van der Waals surface area contributed by atoms with E-state index < -0.39 is 17.6 Å². The van der Waals surface area contributed by atoms with Crippen LogP contribution >= 0.6 is 23.2 Å². The van der Waals surface area contributed by atoms with E-state index in [9.17, 15) is 14.0 Å². The highest BCUT2D eigenvalue weighted by Gasteiger charge is 2.16. The lowest BCUT2D eigenvalue weighted by Crippen LogP contribution is -2.18. The van der Waals surface area contributed by atoms with Crippen LogP contribution in [0.1, 0.15) is 20.7 Å². The van der Waals surface area contributed by atoms with Crippen molar-refractivity contribution in [1.82, 2.24) is 0 Å². The highest BCUT2D eigenvalue weighted by atomic mass is 35.5. The van der Waals surface area contributed by atoms with Crippen LogP contribution in [-0.4, -0.2) is 11.8 Å². The second-order valence-corrected chi connectivity index (χ2v) is 6.49. The molecule has 0 heterocycles. The maximum Gasteiger partial charge on any atom is 0.257 e. The van der Waals surface area contributed by atoms with Crippen molar-refractivity contribution in [2.75, 3.05) is 10.6 Å². The van der Waals surface area contributed by atoms with E-state index in [1.54, 1.807) is 30.3 Å². The van der Waals surface area contributed by atoms with Crippen LogP contribution in [0.25, 0.3) is 0 Å². The van der Waals surface area contributed by atoms with E-state index in [-0.39, 0.29) is 16.8 Å². The number of nitrogens with one attached hydrogen (secondary N) is 2. The molecule has 0 fully saturated rings. The Hall–Kier alpha value is -2.89. The SMILES string of the molecule is O=C(Nc1ccc(Cl)cc1C(=O)Nc1cccc(Cl)c1)c1ccc(F)cc1. The Bertz CT molecular complexity index is 1010. The zero-order valence-corrected chi connectivity index (χ0v) is 15.3. The van der Waals surface area contributed by atoms with Gasteiger partial charge in [-0.25, -0.2) is 4.39 Å². The maximum absolute atomic E-state index is 13.0. The van der Waals surface area contributed by atoms with E-state index in [2.05, 4.69) is 10.6 Å². The molecule has 7 heteroatoms. The van der Waals surface area contributed by atoms with Gasteiger partial charge < -0.3 is 10.6 Å². The first kappa shape index (κ1) is 18.9. The number of rotatable bonds is 4. The Labute approximate surface area is 164 Å². The van der Waals surface area contributed by atoms with Crippen molar-refractivity contribution >= 4 is 46.4 Å². The molecule has 136 valence electrons. The Kier molecular flexibility index (Phi) is 5.74. The van der Waals surface area contributed by atoms with Crippen LogP contribution in [0.15, 0.2) is 66.7 Å². The van der Waals surface area contributed by atoms with E-state index in [0.29, 0.717) is 15.7 Å². The van der Waals surface area contributed by atoms with Gasteiger partial charge in [0.25, 0.3) is 11.8 Å². The van der Waals surface area contributed by atoms with Crippen molar-refractivity contribution in [3.05, 3.63) is 93.7 Å². The molecule has 0 aromatic heterocycles. The first-order valence-electron chi connectivity index (χ1n) is 7.86. The molecule has 0 atom stereocenters.